The SMILES string of the molecule is CSc1nc(C)c(CCC(=O)OC(C)C(=O)NC(=O)NC2CC2)c(C)n1. The van der Waals surface area contributed by atoms with Crippen molar-refractivity contribution >= 4 is 29.7 Å². The summed E-state index contributed by atoms with van der Waals surface area (Å²) in [7, 11) is 0. The van der Waals surface area contributed by atoms with E-state index in [0.717, 1.165) is 29.8 Å². The normalized spacial score (nSPS) is 14.5. The molecule has 0 bridgehead atoms. The van der Waals surface area contributed by atoms with Crippen LogP contribution in [0, 0.1) is 13.8 Å². The number of amides is 3. The maximum absolute atomic E-state index is 12.0. The summed E-state index contributed by atoms with van der Waals surface area (Å²) in [5.41, 5.74) is 2.56. The van der Waals surface area contributed by atoms with Crippen LogP contribution < -0.4 is 10.6 Å². The molecule has 1 fully saturated rings. The third kappa shape index (κ3) is 5.98. The van der Waals surface area contributed by atoms with Gasteiger partial charge in [0.15, 0.2) is 11.3 Å². The van der Waals surface area contributed by atoms with Crippen LogP contribution in [0.5, 0.6) is 0 Å². The Labute approximate surface area is 156 Å². The average molecular weight is 380 g/mol. The highest BCUT2D eigenvalue weighted by Crippen LogP contribution is 2.18. The molecule has 142 valence electrons. The molecule has 1 aromatic rings. The second-order valence-electron chi connectivity index (χ2n) is 6.23. The maximum atomic E-state index is 12.0. The van der Waals surface area contributed by atoms with E-state index in [1.54, 1.807) is 0 Å². The van der Waals surface area contributed by atoms with E-state index in [0.29, 0.717) is 11.6 Å². The lowest BCUT2D eigenvalue weighted by Gasteiger charge is -2.14. The highest BCUT2D eigenvalue weighted by molar-refractivity contribution is 7.98. The number of nitrogens with zero attached hydrogens (tertiary/aromatic N) is 2. The molecule has 8 nitrogen and oxygen atoms in total. The molecule has 1 unspecified atom stereocenters. The van der Waals surface area contributed by atoms with Gasteiger partial charge in [0, 0.05) is 23.9 Å². The summed E-state index contributed by atoms with van der Waals surface area (Å²) in [6.07, 6.45) is 3.25. The number of hydrogen-bond acceptors (Lipinski definition) is 7. The van der Waals surface area contributed by atoms with Gasteiger partial charge < -0.3 is 10.1 Å². The molecule has 0 aliphatic heterocycles. The van der Waals surface area contributed by atoms with Gasteiger partial charge in [-0.05, 0) is 51.9 Å². The Morgan fingerprint density at radius 1 is 1.23 bits per heavy atom. The molecule has 2 N–H and O–H groups in total. The highest BCUT2D eigenvalue weighted by atomic mass is 32.2. The molecule has 1 aromatic heterocycles. The standard InChI is InChI=1S/C17H24N4O4S/c1-9-13(10(2)19-17(18-9)26-4)7-8-14(22)25-11(3)15(23)21-16(24)20-12-5-6-12/h11-12H,5-8H2,1-4H3,(H2,20,21,23,24). The third-order valence-corrected chi connectivity index (χ3v) is 4.54. The fourth-order valence-electron chi connectivity index (χ4n) is 2.36. The maximum Gasteiger partial charge on any atom is 0.321 e. The smallest absolute Gasteiger partial charge is 0.321 e. The number of nitrogens with one attached hydrogen (secondary N) is 2. The Kier molecular flexibility index (Phi) is 6.96. The first-order chi connectivity index (χ1) is 12.3. The minimum absolute atomic E-state index is 0.107. The molecule has 0 saturated heterocycles. The fraction of sp³-hybridized carbons (Fsp3) is 0.588. The second-order valence-corrected chi connectivity index (χ2v) is 7.00. The van der Waals surface area contributed by atoms with Crippen molar-refractivity contribution in [3.8, 4) is 0 Å². The Morgan fingerprint density at radius 3 is 2.38 bits per heavy atom. The van der Waals surface area contributed by atoms with E-state index < -0.39 is 24.0 Å². The van der Waals surface area contributed by atoms with Crippen molar-refractivity contribution in [2.45, 2.75) is 63.8 Å². The topological polar surface area (TPSA) is 110 Å². The molecule has 0 radical (unpaired) electrons. The van der Waals surface area contributed by atoms with Crippen LogP contribution in [0.4, 0.5) is 4.79 Å². The third-order valence-electron chi connectivity index (χ3n) is 3.99. The van der Waals surface area contributed by atoms with Gasteiger partial charge in [0.05, 0.1) is 0 Å². The number of esters is 1. The zero-order valence-electron chi connectivity index (χ0n) is 15.4. The van der Waals surface area contributed by atoms with Crippen LogP contribution in [-0.2, 0) is 20.7 Å². The zero-order chi connectivity index (χ0) is 19.3. The van der Waals surface area contributed by atoms with Crippen LogP contribution in [0.1, 0.15) is 43.1 Å². The lowest BCUT2D eigenvalue weighted by Crippen LogP contribution is -2.45. The van der Waals surface area contributed by atoms with E-state index in [9.17, 15) is 14.4 Å². The number of thioether (sulfide) groups is 1. The van der Waals surface area contributed by atoms with Gasteiger partial charge in [-0.2, -0.15) is 0 Å². The zero-order valence-corrected chi connectivity index (χ0v) is 16.2. The fourth-order valence-corrected chi connectivity index (χ4v) is 2.82. The Morgan fingerprint density at radius 2 is 1.85 bits per heavy atom. The molecule has 3 amide bonds. The van der Waals surface area contributed by atoms with E-state index in [4.69, 9.17) is 4.74 Å². The summed E-state index contributed by atoms with van der Waals surface area (Å²) in [4.78, 5) is 44.2. The number of aromatic nitrogens is 2. The van der Waals surface area contributed by atoms with Crippen molar-refractivity contribution in [3.63, 3.8) is 0 Å². The van der Waals surface area contributed by atoms with Gasteiger partial charge >= 0.3 is 12.0 Å². The minimum atomic E-state index is -1.04. The molecule has 9 heteroatoms. The average Bonchev–Trinajstić information content (AvgIpc) is 3.37. The van der Waals surface area contributed by atoms with Gasteiger partial charge in [0.2, 0.25) is 0 Å². The number of urea groups is 1. The monoisotopic (exact) mass is 380 g/mol. The van der Waals surface area contributed by atoms with Crippen LogP contribution in [0.25, 0.3) is 0 Å². The molecule has 1 atom stereocenters. The van der Waals surface area contributed by atoms with Crippen LogP contribution in [0.2, 0.25) is 0 Å². The molecule has 2 rings (SSSR count). The molecule has 0 aromatic carbocycles. The number of imide groups is 1. The van der Waals surface area contributed by atoms with Crippen molar-refractivity contribution in [2.24, 2.45) is 0 Å². The second kappa shape index (κ2) is 8.98. The quantitative estimate of drug-likeness (QED) is 0.420. The van der Waals surface area contributed by atoms with Crippen LogP contribution >= 0.6 is 11.8 Å². The molecular formula is C17H24N4O4S. The lowest BCUT2D eigenvalue weighted by molar-refractivity contribution is -0.154. The molecule has 1 heterocycles. The number of rotatable bonds is 7. The number of carbonyl (C=O) groups is 3. The van der Waals surface area contributed by atoms with Gasteiger partial charge in [-0.15, -0.1) is 0 Å². The van der Waals surface area contributed by atoms with Gasteiger partial charge in [0.25, 0.3) is 5.91 Å². The van der Waals surface area contributed by atoms with Gasteiger partial charge in [-0.3, -0.25) is 14.9 Å². The van der Waals surface area contributed by atoms with Crippen LogP contribution in [0.15, 0.2) is 5.16 Å². The molecule has 26 heavy (non-hydrogen) atoms. The number of ether oxygens (including phenoxy) is 1. The Hall–Kier alpha value is -2.16. The van der Waals surface area contributed by atoms with E-state index >= 15 is 0 Å². The molecular weight excluding hydrogens is 356 g/mol. The van der Waals surface area contributed by atoms with E-state index in [2.05, 4.69) is 20.6 Å². The Bertz CT molecular complexity index is 683. The number of aryl methyl sites for hydroxylation is 2. The summed E-state index contributed by atoms with van der Waals surface area (Å²) >= 11 is 1.46. The molecule has 1 aliphatic carbocycles. The summed E-state index contributed by atoms with van der Waals surface area (Å²) in [5, 5.41) is 5.50. The molecule has 1 saturated carbocycles. The lowest BCUT2D eigenvalue weighted by atomic mass is 10.1. The van der Waals surface area contributed by atoms with E-state index in [1.165, 1.54) is 18.7 Å². The first-order valence-electron chi connectivity index (χ1n) is 8.49. The van der Waals surface area contributed by atoms with Crippen molar-refractivity contribution in [1.82, 2.24) is 20.6 Å². The van der Waals surface area contributed by atoms with Crippen LogP contribution in [0.3, 0.4) is 0 Å². The van der Waals surface area contributed by atoms with Crippen molar-refractivity contribution in [3.05, 3.63) is 17.0 Å². The van der Waals surface area contributed by atoms with Gasteiger partial charge in [-0.1, -0.05) is 11.8 Å². The largest absolute Gasteiger partial charge is 0.453 e. The summed E-state index contributed by atoms with van der Waals surface area (Å²) in [5.74, 6) is -1.15. The van der Waals surface area contributed by atoms with Crippen molar-refractivity contribution in [2.75, 3.05) is 6.26 Å². The predicted octanol–water partition coefficient (Wildman–Crippen LogP) is 1.67. The summed E-state index contributed by atoms with van der Waals surface area (Å²) in [6.45, 7) is 5.19. The first kappa shape index (κ1) is 20.2. The summed E-state index contributed by atoms with van der Waals surface area (Å²) in [6, 6.07) is -0.412. The van der Waals surface area contributed by atoms with Gasteiger partial charge in [-0.25, -0.2) is 14.8 Å². The van der Waals surface area contributed by atoms with Crippen molar-refractivity contribution < 1.29 is 19.1 Å². The minimum Gasteiger partial charge on any atom is -0.453 e. The number of hydrogen-bond donors (Lipinski definition) is 2. The van der Waals surface area contributed by atoms with E-state index in [-0.39, 0.29) is 12.5 Å². The highest BCUT2D eigenvalue weighted by Gasteiger charge is 2.26. The van der Waals surface area contributed by atoms with Crippen molar-refractivity contribution in [1.29, 1.82) is 0 Å². The van der Waals surface area contributed by atoms with E-state index in [1.807, 2.05) is 20.1 Å². The molecule has 0 spiro atoms. The molecule has 1 aliphatic rings. The van der Waals surface area contributed by atoms with Gasteiger partial charge in [0.1, 0.15) is 0 Å². The number of carbonyl (C=O) groups excluding carboxylic acids is 3. The summed E-state index contributed by atoms with van der Waals surface area (Å²) < 4.78 is 5.10. The Balaban J connectivity index is 1.80. The first-order valence-corrected chi connectivity index (χ1v) is 9.71. The van der Waals surface area contributed by atoms with Crippen LogP contribution in [-0.4, -0.2) is 46.3 Å². The predicted molar refractivity (Wildman–Crippen MR) is 96.9 cm³/mol.